The summed E-state index contributed by atoms with van der Waals surface area (Å²) in [4.78, 5) is 0. The van der Waals surface area contributed by atoms with Crippen LogP contribution < -0.4 is 26.4 Å². The van der Waals surface area contributed by atoms with Crippen LogP contribution >= 0.6 is 0 Å². The molecule has 0 unspecified atom stereocenters. The van der Waals surface area contributed by atoms with E-state index in [1.165, 1.54) is 16.8 Å². The predicted octanol–water partition coefficient (Wildman–Crippen LogP) is 9.16. The van der Waals surface area contributed by atoms with E-state index in [9.17, 15) is 57.1 Å². The Morgan fingerprint density at radius 1 is 0.317 bits per heavy atom. The molecule has 0 atom stereocenters. The summed E-state index contributed by atoms with van der Waals surface area (Å²) < 4.78 is 309. The highest BCUT2D eigenvalue weighted by atomic mass is 19.2. The summed E-state index contributed by atoms with van der Waals surface area (Å²) in [6, 6.07) is 17.0. The van der Waals surface area contributed by atoms with Gasteiger partial charge in [0.25, 0.3) is 0 Å². The van der Waals surface area contributed by atoms with E-state index in [1.54, 1.807) is 12.1 Å². The summed E-state index contributed by atoms with van der Waals surface area (Å²) in [5.74, 6) is -71.6. The first kappa shape index (κ1) is 45.8. The number of benzene rings is 6. The molecule has 0 aliphatic carbocycles. The molecule has 0 aliphatic rings. The molecule has 6 aromatic carbocycles. The number of aromatic nitrogens is 1. The number of rotatable bonds is 6. The van der Waals surface area contributed by atoms with Crippen LogP contribution in [-0.4, -0.2) is 6.15 Å². The minimum absolute atomic E-state index is 0.186. The van der Waals surface area contributed by atoms with Crippen LogP contribution in [0.3, 0.4) is 0 Å². The first-order valence-electron chi connectivity index (χ1n) is 16.9. The molecule has 0 fully saturated rings. The SMILES string of the molecule is Fc1c(F)c(F)c([B-](c2c(F)c(F)c(F)c(F)c2F)(c2c(F)c(F)c(F)c(F)c2F)c2c(F)c(F)c(F)c(F)c2F)c(F)c1F.Fc1cccc(C[n+]2ccc3ccccc3c2)c1. The van der Waals surface area contributed by atoms with Gasteiger partial charge in [0.15, 0.2) is 88.7 Å². The van der Waals surface area contributed by atoms with Gasteiger partial charge >= 0.3 is 0 Å². The molecule has 23 heteroatoms. The van der Waals surface area contributed by atoms with Crippen molar-refractivity contribution in [3.8, 4) is 0 Å². The van der Waals surface area contributed by atoms with Gasteiger partial charge in [0.2, 0.25) is 0 Å². The Morgan fingerprint density at radius 3 is 0.937 bits per heavy atom. The van der Waals surface area contributed by atoms with Crippen molar-refractivity contribution in [1.82, 2.24) is 0 Å². The molecule has 0 radical (unpaired) electrons. The highest BCUT2D eigenvalue weighted by Crippen LogP contribution is 2.31. The number of pyridine rings is 1. The lowest BCUT2D eigenvalue weighted by Gasteiger charge is -2.44. The molecular formula is C40H13BF21N. The van der Waals surface area contributed by atoms with Gasteiger partial charge in [-0.05, 0) is 23.6 Å². The van der Waals surface area contributed by atoms with Crippen LogP contribution in [0.2, 0.25) is 0 Å². The van der Waals surface area contributed by atoms with E-state index in [2.05, 4.69) is 29.0 Å². The van der Waals surface area contributed by atoms with Crippen molar-refractivity contribution >= 4 is 38.8 Å². The Morgan fingerprint density at radius 2 is 0.619 bits per heavy atom. The van der Waals surface area contributed by atoms with E-state index in [-0.39, 0.29) is 5.82 Å². The zero-order valence-corrected chi connectivity index (χ0v) is 30.0. The maximum atomic E-state index is 15.4. The minimum Gasteiger partial charge on any atom is -0.207 e. The van der Waals surface area contributed by atoms with Gasteiger partial charge in [-0.25, -0.2) is 96.8 Å². The standard InChI is InChI=1S/C24BF20.C16H13FN/c26-5-1(6(27)14(35)21(42)13(5)34)25(2-7(28)15(36)22(43)16(37)8(2)29,3-9(30)17(38)23(44)18(39)10(3)31)4-11(32)19(40)24(45)20(41)12(4)33;17-16-7-3-4-13(10-16)11-18-9-8-14-5-1-2-6-15(14)12-18/h;1-10,12H,11H2/q-1;+1. The van der Waals surface area contributed by atoms with Gasteiger partial charge in [-0.3, -0.25) is 0 Å². The molecule has 0 amide bonds. The number of halogens is 21. The van der Waals surface area contributed by atoms with Crippen LogP contribution in [0.1, 0.15) is 5.56 Å². The molecule has 0 spiro atoms. The third-order valence-corrected chi connectivity index (χ3v) is 9.71. The maximum absolute atomic E-state index is 15.4. The molecule has 1 aromatic heterocycles. The Balaban J connectivity index is 0.000000302. The van der Waals surface area contributed by atoms with E-state index in [1.807, 2.05) is 24.4 Å². The predicted molar refractivity (Wildman–Crippen MR) is 179 cm³/mol. The van der Waals surface area contributed by atoms with Gasteiger partial charge in [-0.2, -0.15) is 0 Å². The lowest BCUT2D eigenvalue weighted by molar-refractivity contribution is -0.687. The van der Waals surface area contributed by atoms with Crippen LogP contribution in [0.25, 0.3) is 10.8 Å². The average Bonchev–Trinajstić information content (AvgIpc) is 3.26. The monoisotopic (exact) mass is 917 g/mol. The van der Waals surface area contributed by atoms with E-state index >= 15 is 35.1 Å². The number of hydrogen-bond donors (Lipinski definition) is 0. The highest BCUT2D eigenvalue weighted by molar-refractivity contribution is 7.20. The first-order chi connectivity index (χ1) is 29.5. The molecule has 0 N–H and O–H groups in total. The van der Waals surface area contributed by atoms with Crippen LogP contribution in [0.4, 0.5) is 92.2 Å². The van der Waals surface area contributed by atoms with Gasteiger partial charge in [0, 0.05) is 17.0 Å². The van der Waals surface area contributed by atoms with Gasteiger partial charge in [-0.1, -0.05) is 30.3 Å². The van der Waals surface area contributed by atoms with E-state index in [4.69, 9.17) is 0 Å². The largest absolute Gasteiger partial charge is 0.207 e. The Labute approximate surface area is 336 Å². The third kappa shape index (κ3) is 7.25. The summed E-state index contributed by atoms with van der Waals surface area (Å²) in [6.07, 6.45) is -3.11. The molecule has 0 bridgehead atoms. The summed E-state index contributed by atoms with van der Waals surface area (Å²) in [7, 11) is 0. The van der Waals surface area contributed by atoms with Crippen molar-refractivity contribution in [3.63, 3.8) is 0 Å². The van der Waals surface area contributed by atoms with Crippen LogP contribution in [-0.2, 0) is 6.54 Å². The summed E-state index contributed by atoms with van der Waals surface area (Å²) in [5, 5.41) is 2.41. The summed E-state index contributed by atoms with van der Waals surface area (Å²) in [6.45, 7) is 0.683. The zero-order valence-electron chi connectivity index (χ0n) is 30.0. The second-order valence-electron chi connectivity index (χ2n) is 13.2. The van der Waals surface area contributed by atoms with Crippen molar-refractivity contribution < 1.29 is 96.8 Å². The number of hydrogen-bond acceptors (Lipinski definition) is 0. The second kappa shape index (κ2) is 16.9. The molecular weight excluding hydrogens is 904 g/mol. The maximum Gasteiger partial charge on any atom is 0.200 e. The smallest absolute Gasteiger partial charge is 0.200 e. The fourth-order valence-electron chi connectivity index (χ4n) is 7.00. The van der Waals surface area contributed by atoms with Crippen LogP contribution in [0.15, 0.2) is 67.0 Å². The average molecular weight is 917 g/mol. The quantitative estimate of drug-likeness (QED) is 0.0516. The summed E-state index contributed by atoms with van der Waals surface area (Å²) >= 11 is 0. The Bertz CT molecular complexity index is 2630. The normalized spacial score (nSPS) is 11.6. The van der Waals surface area contributed by atoms with E-state index in [0.717, 1.165) is 5.56 Å². The van der Waals surface area contributed by atoms with Gasteiger partial charge in [0.05, 0.1) is 0 Å². The third-order valence-electron chi connectivity index (χ3n) is 9.71. The molecule has 63 heavy (non-hydrogen) atoms. The molecule has 328 valence electrons. The fourth-order valence-corrected chi connectivity index (χ4v) is 7.00. The van der Waals surface area contributed by atoms with Crippen molar-refractivity contribution in [1.29, 1.82) is 0 Å². The molecule has 1 heterocycles. The molecule has 0 saturated carbocycles. The molecule has 7 aromatic rings. The molecule has 0 aliphatic heterocycles. The highest BCUT2D eigenvalue weighted by Gasteiger charge is 2.52. The minimum atomic E-state index is -7.22. The van der Waals surface area contributed by atoms with Crippen molar-refractivity contribution in [2.24, 2.45) is 0 Å². The fraction of sp³-hybridized carbons (Fsp3) is 0.0250. The van der Waals surface area contributed by atoms with Crippen LogP contribution in [0, 0.1) is 122 Å². The summed E-state index contributed by atoms with van der Waals surface area (Å²) in [5.41, 5.74) is -13.4. The lowest BCUT2D eigenvalue weighted by atomic mass is 9.12. The Hall–Kier alpha value is -6.68. The van der Waals surface area contributed by atoms with E-state index in [0.29, 0.717) is 6.54 Å². The molecule has 7 rings (SSSR count). The second-order valence-corrected chi connectivity index (χ2v) is 13.2. The number of nitrogens with zero attached hydrogens (tertiary/aromatic N) is 1. The van der Waals surface area contributed by atoms with Crippen molar-refractivity contribution in [2.45, 2.75) is 6.54 Å². The van der Waals surface area contributed by atoms with Gasteiger partial charge in [-0.15, -0.1) is 21.9 Å². The van der Waals surface area contributed by atoms with Gasteiger partial charge < -0.3 is 0 Å². The number of fused-ring (bicyclic) bond motifs is 1. The van der Waals surface area contributed by atoms with Crippen LogP contribution in [0.5, 0.6) is 0 Å². The van der Waals surface area contributed by atoms with Crippen molar-refractivity contribution in [3.05, 3.63) is 195 Å². The van der Waals surface area contributed by atoms with E-state index < -0.39 is 144 Å². The molecule has 1 nitrogen and oxygen atoms in total. The van der Waals surface area contributed by atoms with Gasteiger partial charge in [0.1, 0.15) is 58.5 Å². The first-order valence-corrected chi connectivity index (χ1v) is 16.9. The Kier molecular flexibility index (Phi) is 12.3. The molecule has 0 saturated heterocycles. The zero-order chi connectivity index (χ0) is 46.7. The topological polar surface area (TPSA) is 3.88 Å². The lowest BCUT2D eigenvalue weighted by Crippen LogP contribution is -2.81. The van der Waals surface area contributed by atoms with Crippen molar-refractivity contribution in [2.75, 3.05) is 0 Å².